The fraction of sp³-hybridized carbons (Fsp3) is 0.318. The third-order valence-electron chi connectivity index (χ3n) is 6.54. The minimum absolute atomic E-state index is 0.0530. The second-order valence-electron chi connectivity index (χ2n) is 8.02. The highest BCUT2D eigenvalue weighted by molar-refractivity contribution is 5.94. The Hall–Kier alpha value is -3.35. The molecule has 3 aromatic rings. The highest BCUT2D eigenvalue weighted by Gasteiger charge is 2.33. The molecular formula is C22H16N2O5. The van der Waals surface area contributed by atoms with Crippen LogP contribution in [0.15, 0.2) is 16.9 Å². The molecule has 0 spiro atoms. The molecule has 5 heterocycles. The van der Waals surface area contributed by atoms with Gasteiger partial charge < -0.3 is 18.8 Å². The summed E-state index contributed by atoms with van der Waals surface area (Å²) in [4.78, 5) is 29.8. The van der Waals surface area contributed by atoms with Crippen LogP contribution in [0.2, 0.25) is 0 Å². The van der Waals surface area contributed by atoms with Crippen molar-refractivity contribution in [2.45, 2.75) is 38.8 Å². The maximum atomic E-state index is 13.1. The molecule has 0 unspecified atom stereocenters. The smallest absolute Gasteiger partial charge is 0.310 e. The molecule has 0 amide bonds. The fourth-order valence-electron chi connectivity index (χ4n) is 5.26. The van der Waals surface area contributed by atoms with E-state index in [1.54, 1.807) is 4.57 Å². The number of fused-ring (bicyclic) bond motifs is 7. The summed E-state index contributed by atoms with van der Waals surface area (Å²) in [6, 6.07) is 3.90. The lowest BCUT2D eigenvalue weighted by Crippen LogP contribution is -2.30. The predicted molar refractivity (Wildman–Crippen MR) is 102 cm³/mol. The normalized spacial score (nSPS) is 17.7. The van der Waals surface area contributed by atoms with Crippen molar-refractivity contribution in [3.05, 3.63) is 50.3 Å². The van der Waals surface area contributed by atoms with Gasteiger partial charge in [0.25, 0.3) is 5.56 Å². The molecule has 7 nitrogen and oxygen atoms in total. The number of nitrogens with zero attached hydrogens (tertiary/aromatic N) is 2. The van der Waals surface area contributed by atoms with Crippen LogP contribution in [0.1, 0.15) is 34.2 Å². The van der Waals surface area contributed by atoms with E-state index in [4.69, 9.17) is 19.2 Å². The fourth-order valence-corrected chi connectivity index (χ4v) is 5.26. The molecule has 7 heteroatoms. The number of aryl methyl sites for hydroxylation is 2. The Morgan fingerprint density at radius 3 is 2.79 bits per heavy atom. The monoisotopic (exact) mass is 388 g/mol. The van der Waals surface area contributed by atoms with Crippen LogP contribution in [-0.4, -0.2) is 22.3 Å². The molecule has 0 saturated heterocycles. The minimum Gasteiger partial charge on any atom is -0.460 e. The average Bonchev–Trinajstić information content (AvgIpc) is 3.33. The van der Waals surface area contributed by atoms with E-state index >= 15 is 0 Å². The Bertz CT molecular complexity index is 1350. The first-order chi connectivity index (χ1) is 14.2. The summed E-state index contributed by atoms with van der Waals surface area (Å²) in [6.45, 7) is 0.808. The molecule has 0 radical (unpaired) electrons. The van der Waals surface area contributed by atoms with E-state index in [1.165, 1.54) is 11.1 Å². The van der Waals surface area contributed by atoms with E-state index in [9.17, 15) is 9.59 Å². The van der Waals surface area contributed by atoms with Crippen LogP contribution >= 0.6 is 0 Å². The molecule has 3 aliphatic heterocycles. The molecule has 0 atom stereocenters. The summed E-state index contributed by atoms with van der Waals surface area (Å²) in [5.74, 6) is 1.30. The minimum atomic E-state index is -0.293. The van der Waals surface area contributed by atoms with E-state index in [0.717, 1.165) is 64.2 Å². The molecule has 4 aliphatic rings. The molecule has 0 N–H and O–H groups in total. The van der Waals surface area contributed by atoms with E-state index in [1.807, 2.05) is 12.1 Å². The largest absolute Gasteiger partial charge is 0.460 e. The zero-order valence-electron chi connectivity index (χ0n) is 15.5. The molecule has 0 fully saturated rings. The average molecular weight is 388 g/mol. The Balaban J connectivity index is 1.54. The molecule has 0 bridgehead atoms. The van der Waals surface area contributed by atoms with Gasteiger partial charge >= 0.3 is 5.97 Å². The van der Waals surface area contributed by atoms with Crippen molar-refractivity contribution >= 4 is 16.9 Å². The maximum absolute atomic E-state index is 13.1. The molecule has 0 saturated carbocycles. The summed E-state index contributed by atoms with van der Waals surface area (Å²) < 4.78 is 18.3. The molecule has 1 aliphatic carbocycles. The Morgan fingerprint density at radius 1 is 0.966 bits per heavy atom. The summed E-state index contributed by atoms with van der Waals surface area (Å²) in [7, 11) is 0. The quantitative estimate of drug-likeness (QED) is 0.430. The number of rotatable bonds is 0. The van der Waals surface area contributed by atoms with Gasteiger partial charge in [0.05, 0.1) is 35.4 Å². The van der Waals surface area contributed by atoms with E-state index in [-0.39, 0.29) is 31.3 Å². The van der Waals surface area contributed by atoms with E-state index < -0.39 is 0 Å². The zero-order valence-corrected chi connectivity index (χ0v) is 15.5. The van der Waals surface area contributed by atoms with Crippen molar-refractivity contribution in [2.75, 3.05) is 6.79 Å². The number of esters is 1. The van der Waals surface area contributed by atoms with Crippen molar-refractivity contribution in [3.63, 3.8) is 0 Å². The first-order valence-corrected chi connectivity index (χ1v) is 9.87. The molecule has 7 rings (SSSR count). The van der Waals surface area contributed by atoms with Gasteiger partial charge in [-0.1, -0.05) is 0 Å². The number of carbonyl (C=O) groups is 1. The zero-order chi connectivity index (χ0) is 19.3. The summed E-state index contributed by atoms with van der Waals surface area (Å²) in [5.41, 5.74) is 7.34. The summed E-state index contributed by atoms with van der Waals surface area (Å²) in [5, 5.41) is 1.16. The second-order valence-corrected chi connectivity index (χ2v) is 8.02. The van der Waals surface area contributed by atoms with Crippen LogP contribution in [0.25, 0.3) is 22.3 Å². The standard InChI is InChI=1S/C22H16N2O5/c25-18-5-10-4-16-20-13(7-24(16)22(26)14(10)8-27-18)11-2-1-3-12-19(11)15(23-20)6-17-21(12)29-9-28-17/h4,6H,1-3,5,7-9H2. The molecule has 1 aromatic carbocycles. The van der Waals surface area contributed by atoms with Gasteiger partial charge in [-0.2, -0.15) is 0 Å². The SMILES string of the molecule is O=C1Cc2cc3n(c(=O)c2CO1)Cc1c-3nc2cc3c(c4c2c1CCC4)OCO3. The molecule has 2 aromatic heterocycles. The van der Waals surface area contributed by atoms with Crippen molar-refractivity contribution in [1.29, 1.82) is 0 Å². The third kappa shape index (κ3) is 1.90. The Kier molecular flexibility index (Phi) is 2.77. The number of hydrogen-bond acceptors (Lipinski definition) is 6. The Morgan fingerprint density at radius 2 is 1.86 bits per heavy atom. The summed E-state index contributed by atoms with van der Waals surface area (Å²) >= 11 is 0. The number of benzene rings is 1. The van der Waals surface area contributed by atoms with Crippen molar-refractivity contribution in [3.8, 4) is 22.9 Å². The highest BCUT2D eigenvalue weighted by Crippen LogP contribution is 2.47. The maximum Gasteiger partial charge on any atom is 0.310 e. The van der Waals surface area contributed by atoms with Crippen LogP contribution in [-0.2, 0) is 41.9 Å². The summed E-state index contributed by atoms with van der Waals surface area (Å²) in [6.07, 6.45) is 3.06. The van der Waals surface area contributed by atoms with Crippen molar-refractivity contribution in [2.24, 2.45) is 0 Å². The van der Waals surface area contributed by atoms with Gasteiger partial charge in [-0.3, -0.25) is 9.59 Å². The van der Waals surface area contributed by atoms with Gasteiger partial charge in [-0.05, 0) is 36.5 Å². The number of cyclic esters (lactones) is 1. The number of ether oxygens (including phenoxy) is 3. The molecule has 29 heavy (non-hydrogen) atoms. The van der Waals surface area contributed by atoms with Crippen LogP contribution in [0.3, 0.4) is 0 Å². The van der Waals surface area contributed by atoms with Gasteiger partial charge in [0.1, 0.15) is 6.61 Å². The highest BCUT2D eigenvalue weighted by atomic mass is 16.7. The van der Waals surface area contributed by atoms with Crippen LogP contribution in [0.4, 0.5) is 0 Å². The van der Waals surface area contributed by atoms with Crippen LogP contribution < -0.4 is 15.0 Å². The van der Waals surface area contributed by atoms with Gasteiger partial charge in [0, 0.05) is 22.6 Å². The first kappa shape index (κ1) is 15.6. The lowest BCUT2D eigenvalue weighted by molar-refractivity contribution is -0.145. The number of hydrogen-bond donors (Lipinski definition) is 0. The number of aromatic nitrogens is 2. The lowest BCUT2D eigenvalue weighted by Gasteiger charge is -2.21. The third-order valence-corrected chi connectivity index (χ3v) is 6.54. The van der Waals surface area contributed by atoms with E-state index in [0.29, 0.717) is 12.1 Å². The van der Waals surface area contributed by atoms with Gasteiger partial charge in [-0.15, -0.1) is 0 Å². The number of carbonyl (C=O) groups excluding carboxylic acids is 1. The topological polar surface area (TPSA) is 79.7 Å². The molecule has 144 valence electrons. The first-order valence-electron chi connectivity index (χ1n) is 9.87. The van der Waals surface area contributed by atoms with Crippen molar-refractivity contribution < 1.29 is 19.0 Å². The Labute approximate surface area is 164 Å². The van der Waals surface area contributed by atoms with Gasteiger partial charge in [0.2, 0.25) is 6.79 Å². The number of pyridine rings is 2. The van der Waals surface area contributed by atoms with Crippen molar-refractivity contribution in [1.82, 2.24) is 9.55 Å². The molecular weight excluding hydrogens is 372 g/mol. The lowest BCUT2D eigenvalue weighted by atomic mass is 9.86. The van der Waals surface area contributed by atoms with Gasteiger partial charge in [-0.25, -0.2) is 4.98 Å². The predicted octanol–water partition coefficient (Wildman–Crippen LogP) is 2.24. The second kappa shape index (κ2) is 5.17. The van der Waals surface area contributed by atoms with Crippen LogP contribution in [0.5, 0.6) is 11.5 Å². The van der Waals surface area contributed by atoms with Gasteiger partial charge in [0.15, 0.2) is 11.5 Å². The van der Waals surface area contributed by atoms with E-state index in [2.05, 4.69) is 0 Å². The van der Waals surface area contributed by atoms with Crippen LogP contribution in [0, 0.1) is 0 Å².